The highest BCUT2D eigenvalue weighted by atomic mass is 16.3. The Balaban J connectivity index is 1.48. The Bertz CT molecular complexity index is 1440. The minimum absolute atomic E-state index is 0.103. The number of nitrogens with zero attached hydrogens (tertiary/aromatic N) is 3. The van der Waals surface area contributed by atoms with E-state index in [2.05, 4.69) is 37.4 Å². The molecule has 6 rings (SSSR count). The van der Waals surface area contributed by atoms with Gasteiger partial charge in [0.1, 0.15) is 17.0 Å². The Morgan fingerprint density at radius 3 is 2.57 bits per heavy atom. The molecule has 1 saturated carbocycles. The Labute approximate surface area is 217 Å². The zero-order chi connectivity index (χ0) is 25.7. The molecule has 4 heterocycles. The van der Waals surface area contributed by atoms with E-state index in [4.69, 9.17) is 4.42 Å². The largest absolute Gasteiger partial charge is 0.467 e. The number of carbonyl (C=O) groups is 2. The Morgan fingerprint density at radius 2 is 1.86 bits per heavy atom. The second-order valence-corrected chi connectivity index (χ2v) is 11.1. The molecule has 1 aliphatic heterocycles. The lowest BCUT2D eigenvalue weighted by molar-refractivity contribution is -0.134. The molecular weight excluding hydrogens is 464 g/mol. The fourth-order valence-corrected chi connectivity index (χ4v) is 6.07. The van der Waals surface area contributed by atoms with E-state index in [1.54, 1.807) is 11.2 Å². The summed E-state index contributed by atoms with van der Waals surface area (Å²) >= 11 is 0. The summed E-state index contributed by atoms with van der Waals surface area (Å²) in [6, 6.07) is 14.0. The van der Waals surface area contributed by atoms with Gasteiger partial charge in [-0.25, -0.2) is 0 Å². The number of hydrogen-bond acceptors (Lipinski definition) is 3. The van der Waals surface area contributed by atoms with Gasteiger partial charge in [0, 0.05) is 23.8 Å². The van der Waals surface area contributed by atoms with Crippen molar-refractivity contribution in [1.82, 2.24) is 19.4 Å². The summed E-state index contributed by atoms with van der Waals surface area (Å²) in [5.74, 6) is 1.07. The van der Waals surface area contributed by atoms with Gasteiger partial charge in [0.15, 0.2) is 0 Å². The first-order valence-electron chi connectivity index (χ1n) is 13.3. The highest BCUT2D eigenvalue weighted by Crippen LogP contribution is 2.39. The van der Waals surface area contributed by atoms with E-state index in [9.17, 15) is 9.59 Å². The monoisotopic (exact) mass is 498 g/mol. The average molecular weight is 499 g/mol. The number of benzene rings is 1. The molecule has 3 aromatic heterocycles. The van der Waals surface area contributed by atoms with Crippen LogP contribution in [-0.4, -0.2) is 37.4 Å². The van der Waals surface area contributed by atoms with Crippen LogP contribution in [0.2, 0.25) is 0 Å². The summed E-state index contributed by atoms with van der Waals surface area (Å²) < 4.78 is 9.70. The van der Waals surface area contributed by atoms with E-state index in [-0.39, 0.29) is 24.4 Å². The van der Waals surface area contributed by atoms with Crippen LogP contribution in [0.15, 0.2) is 65.5 Å². The van der Waals surface area contributed by atoms with Crippen molar-refractivity contribution >= 4 is 22.7 Å². The third-order valence-electron chi connectivity index (χ3n) is 8.30. The molecule has 192 valence electrons. The van der Waals surface area contributed by atoms with E-state index in [1.807, 2.05) is 52.7 Å². The first-order valence-corrected chi connectivity index (χ1v) is 13.3. The number of rotatable bonds is 5. The summed E-state index contributed by atoms with van der Waals surface area (Å²) in [7, 11) is 0. The second kappa shape index (κ2) is 8.98. The number of hydrogen-bond donors (Lipinski definition) is 1. The number of aryl methyl sites for hydroxylation is 1. The van der Waals surface area contributed by atoms with Crippen molar-refractivity contribution in [2.24, 2.45) is 5.92 Å². The quantitative estimate of drug-likeness (QED) is 0.398. The van der Waals surface area contributed by atoms with Gasteiger partial charge in [0.2, 0.25) is 5.91 Å². The summed E-state index contributed by atoms with van der Waals surface area (Å²) in [5.41, 5.74) is 2.45. The molecule has 7 heteroatoms. The van der Waals surface area contributed by atoms with Gasteiger partial charge in [-0.05, 0) is 81.8 Å². The van der Waals surface area contributed by atoms with Crippen LogP contribution >= 0.6 is 0 Å². The van der Waals surface area contributed by atoms with Gasteiger partial charge >= 0.3 is 0 Å². The van der Waals surface area contributed by atoms with Crippen molar-refractivity contribution in [1.29, 1.82) is 0 Å². The van der Waals surface area contributed by atoms with Crippen LogP contribution < -0.4 is 5.32 Å². The Morgan fingerprint density at radius 1 is 1.11 bits per heavy atom. The lowest BCUT2D eigenvalue weighted by atomic mass is 9.86. The number of nitrogens with one attached hydrogen (secondary N) is 1. The number of fused-ring (bicyclic) bond motifs is 3. The zero-order valence-corrected chi connectivity index (χ0v) is 21.7. The first-order chi connectivity index (χ1) is 17.8. The third-order valence-corrected chi connectivity index (χ3v) is 8.30. The fourth-order valence-electron chi connectivity index (χ4n) is 6.07. The lowest BCUT2D eigenvalue weighted by Gasteiger charge is -2.44. The van der Waals surface area contributed by atoms with Gasteiger partial charge in [0.25, 0.3) is 5.91 Å². The van der Waals surface area contributed by atoms with Crippen molar-refractivity contribution in [3.63, 3.8) is 0 Å². The molecule has 2 amide bonds. The molecule has 0 saturated heterocycles. The van der Waals surface area contributed by atoms with Gasteiger partial charge in [-0.15, -0.1) is 0 Å². The predicted molar refractivity (Wildman–Crippen MR) is 143 cm³/mol. The second-order valence-electron chi connectivity index (χ2n) is 11.1. The number of furan rings is 1. The molecule has 1 atom stereocenters. The minimum Gasteiger partial charge on any atom is -0.467 e. The number of carbonyl (C=O) groups excluding carboxylic acids is 2. The van der Waals surface area contributed by atoms with Gasteiger partial charge in [-0.2, -0.15) is 0 Å². The van der Waals surface area contributed by atoms with Gasteiger partial charge in [-0.3, -0.25) is 9.59 Å². The van der Waals surface area contributed by atoms with Crippen molar-refractivity contribution in [2.45, 2.75) is 71.1 Å². The molecule has 0 unspecified atom stereocenters. The van der Waals surface area contributed by atoms with Gasteiger partial charge in [0.05, 0.1) is 30.6 Å². The third kappa shape index (κ3) is 3.97. The minimum atomic E-state index is -1.08. The van der Waals surface area contributed by atoms with E-state index < -0.39 is 5.54 Å². The summed E-state index contributed by atoms with van der Waals surface area (Å²) in [5, 5.41) is 4.32. The Hall–Kier alpha value is -3.74. The van der Waals surface area contributed by atoms with Crippen LogP contribution in [-0.2, 0) is 17.9 Å². The van der Waals surface area contributed by atoms with Crippen LogP contribution in [0.3, 0.4) is 0 Å². The molecular formula is C30H34N4O3. The van der Waals surface area contributed by atoms with E-state index >= 15 is 0 Å². The van der Waals surface area contributed by atoms with Crippen molar-refractivity contribution in [3.05, 3.63) is 78.1 Å². The van der Waals surface area contributed by atoms with E-state index in [0.29, 0.717) is 23.9 Å². The lowest BCUT2D eigenvalue weighted by Crippen LogP contribution is -2.64. The van der Waals surface area contributed by atoms with Gasteiger partial charge < -0.3 is 23.8 Å². The molecule has 2 aliphatic rings. The molecule has 7 nitrogen and oxygen atoms in total. The highest BCUT2D eigenvalue weighted by molar-refractivity contribution is 6.09. The van der Waals surface area contributed by atoms with Crippen LogP contribution in [0.4, 0.5) is 0 Å². The maximum atomic E-state index is 14.4. The maximum absolute atomic E-state index is 14.4. The molecule has 1 fully saturated rings. The van der Waals surface area contributed by atoms with Crippen molar-refractivity contribution in [2.75, 3.05) is 0 Å². The van der Waals surface area contributed by atoms with E-state index in [0.717, 1.165) is 47.8 Å². The summed E-state index contributed by atoms with van der Waals surface area (Å²) in [4.78, 5) is 30.2. The fraction of sp³-hybridized carbons (Fsp3) is 0.400. The SMILES string of the molecule is Cc1ccc2c(c1)c(-n1cccc1)c1n2C[C@@](C)(C(=O)NC2CCC(C)CC2)N(Cc2ccco2)C1=O. The summed E-state index contributed by atoms with van der Waals surface area (Å²) in [6.45, 7) is 6.82. The smallest absolute Gasteiger partial charge is 0.274 e. The molecule has 0 spiro atoms. The molecule has 1 aliphatic carbocycles. The van der Waals surface area contributed by atoms with Crippen molar-refractivity contribution in [3.8, 4) is 5.69 Å². The maximum Gasteiger partial charge on any atom is 0.274 e. The Kier molecular flexibility index (Phi) is 5.74. The number of amides is 2. The van der Waals surface area contributed by atoms with E-state index in [1.165, 1.54) is 0 Å². The molecule has 0 bridgehead atoms. The first kappa shape index (κ1) is 23.6. The van der Waals surface area contributed by atoms with Crippen LogP contribution in [0.5, 0.6) is 0 Å². The zero-order valence-electron chi connectivity index (χ0n) is 21.7. The standard InChI is InChI=1S/C30H34N4O3/c1-20-8-11-22(12-9-20)31-29(36)30(3)19-33-25-13-10-21(2)17-24(25)26(32-14-4-5-15-32)27(33)28(35)34(30)18-23-7-6-16-37-23/h4-7,10,13-17,20,22H,8-9,11-12,18-19H2,1-3H3,(H,31,36)/t20?,22?,30-/m0/s1. The topological polar surface area (TPSA) is 72.4 Å². The highest BCUT2D eigenvalue weighted by Gasteiger charge is 2.49. The average Bonchev–Trinajstić information content (AvgIpc) is 3.64. The van der Waals surface area contributed by atoms with Crippen molar-refractivity contribution < 1.29 is 14.0 Å². The molecule has 1 N–H and O–H groups in total. The van der Waals surface area contributed by atoms with Crippen LogP contribution in [0.1, 0.15) is 61.3 Å². The van der Waals surface area contributed by atoms with Crippen LogP contribution in [0, 0.1) is 12.8 Å². The predicted octanol–water partition coefficient (Wildman–Crippen LogP) is 5.44. The molecule has 37 heavy (non-hydrogen) atoms. The molecule has 1 aromatic carbocycles. The van der Waals surface area contributed by atoms with Gasteiger partial charge in [-0.1, -0.05) is 18.6 Å². The molecule has 0 radical (unpaired) electrons. The van der Waals surface area contributed by atoms with Crippen LogP contribution in [0.25, 0.3) is 16.6 Å². The number of aromatic nitrogens is 2. The normalized spacial score (nSPS) is 23.9. The molecule has 4 aromatic rings. The summed E-state index contributed by atoms with van der Waals surface area (Å²) in [6.07, 6.45) is 9.72.